The molecule has 4 N–H and O–H groups in total. The van der Waals surface area contributed by atoms with Crippen LogP contribution in [0.5, 0.6) is 5.75 Å². The summed E-state index contributed by atoms with van der Waals surface area (Å²) in [4.78, 5) is 36.5. The van der Waals surface area contributed by atoms with Gasteiger partial charge in [-0.1, -0.05) is 12.1 Å². The molecule has 0 heterocycles. The van der Waals surface area contributed by atoms with E-state index in [9.17, 15) is 4.79 Å². The summed E-state index contributed by atoms with van der Waals surface area (Å²) in [6.45, 7) is 0. The first-order valence-corrected chi connectivity index (χ1v) is 5.33. The predicted molar refractivity (Wildman–Crippen MR) is 45.9 cm³/mol. The Morgan fingerprint density at radius 1 is 1.21 bits per heavy atom. The Morgan fingerprint density at radius 2 is 1.79 bits per heavy atom. The molecule has 0 aliphatic rings. The molecule has 0 aliphatic carbocycles. The fourth-order valence-corrected chi connectivity index (χ4v) is 1.18. The van der Waals surface area contributed by atoms with Gasteiger partial charge in [0.15, 0.2) is 0 Å². The second-order valence-electron chi connectivity index (χ2n) is 2.48. The molecular weight excluding hydrogens is 208 g/mol. The molecule has 1 rings (SSSR count). The van der Waals surface area contributed by atoms with Crippen molar-refractivity contribution in [2.24, 2.45) is 0 Å². The minimum absolute atomic E-state index is 0.249. The van der Waals surface area contributed by atoms with Crippen molar-refractivity contribution in [3.8, 4) is 5.75 Å². The standard InChI is InChI=1S/C7H8O6Si/c8-6-4-2-1-3-5(6)7(9)13-14(10,11)12/h1-4,8,10-12H. The summed E-state index contributed by atoms with van der Waals surface area (Å²) < 4.78 is 3.91. The van der Waals surface area contributed by atoms with Crippen LogP contribution < -0.4 is 0 Å². The largest absolute Gasteiger partial charge is 0.743 e. The number of benzene rings is 1. The zero-order valence-corrected chi connectivity index (χ0v) is 7.91. The van der Waals surface area contributed by atoms with Crippen LogP contribution in [0.1, 0.15) is 10.4 Å². The fraction of sp³-hybridized carbons (Fsp3) is 0. The average Bonchev–Trinajstić information content (AvgIpc) is 2.01. The lowest BCUT2D eigenvalue weighted by Gasteiger charge is -2.10. The molecule has 76 valence electrons. The highest BCUT2D eigenvalue weighted by Crippen LogP contribution is 2.17. The van der Waals surface area contributed by atoms with Crippen LogP contribution in [-0.4, -0.2) is 34.5 Å². The van der Waals surface area contributed by atoms with Crippen LogP contribution in [0, 0.1) is 0 Å². The molecule has 0 aliphatic heterocycles. The lowest BCUT2D eigenvalue weighted by atomic mass is 10.2. The number of phenols is 1. The lowest BCUT2D eigenvalue weighted by molar-refractivity contribution is 0.0398. The number of aromatic hydroxyl groups is 1. The summed E-state index contributed by atoms with van der Waals surface area (Å²) in [5.74, 6) is -1.56. The third kappa shape index (κ3) is 2.82. The number of carbonyl (C=O) groups excluding carboxylic acids is 1. The van der Waals surface area contributed by atoms with Crippen molar-refractivity contribution in [2.45, 2.75) is 0 Å². The Bertz CT molecular complexity index is 344. The van der Waals surface area contributed by atoms with Crippen LogP contribution in [0.3, 0.4) is 0 Å². The molecule has 1 aromatic rings. The van der Waals surface area contributed by atoms with Crippen molar-refractivity contribution >= 4 is 15.0 Å². The zero-order valence-electron chi connectivity index (χ0n) is 6.91. The first kappa shape index (κ1) is 10.7. The van der Waals surface area contributed by atoms with E-state index in [1.807, 2.05) is 0 Å². The van der Waals surface area contributed by atoms with Crippen LogP contribution in [0.2, 0.25) is 0 Å². The van der Waals surface area contributed by atoms with Gasteiger partial charge in [0.05, 0.1) is 0 Å². The quantitative estimate of drug-likeness (QED) is 0.470. The van der Waals surface area contributed by atoms with E-state index >= 15 is 0 Å². The third-order valence-corrected chi connectivity index (χ3v) is 1.81. The van der Waals surface area contributed by atoms with Crippen molar-refractivity contribution in [1.29, 1.82) is 0 Å². The van der Waals surface area contributed by atoms with Crippen molar-refractivity contribution in [1.82, 2.24) is 0 Å². The third-order valence-electron chi connectivity index (χ3n) is 1.35. The predicted octanol–water partition coefficient (Wildman–Crippen LogP) is -1.04. The highest BCUT2D eigenvalue weighted by atomic mass is 28.4. The first-order valence-electron chi connectivity index (χ1n) is 3.58. The van der Waals surface area contributed by atoms with Gasteiger partial charge < -0.3 is 23.9 Å². The average molecular weight is 216 g/mol. The van der Waals surface area contributed by atoms with E-state index in [0.29, 0.717) is 0 Å². The summed E-state index contributed by atoms with van der Waals surface area (Å²) in [7, 11) is -4.89. The molecule has 14 heavy (non-hydrogen) atoms. The van der Waals surface area contributed by atoms with Gasteiger partial charge in [-0.15, -0.1) is 0 Å². The zero-order chi connectivity index (χ0) is 10.8. The van der Waals surface area contributed by atoms with Crippen LogP contribution in [0.15, 0.2) is 24.3 Å². The van der Waals surface area contributed by atoms with Gasteiger partial charge in [0, 0.05) is 0 Å². The number of rotatable bonds is 2. The summed E-state index contributed by atoms with van der Waals surface area (Å²) >= 11 is 0. The van der Waals surface area contributed by atoms with E-state index in [1.54, 1.807) is 0 Å². The minimum atomic E-state index is -4.89. The number of para-hydroxylation sites is 1. The molecule has 0 spiro atoms. The van der Waals surface area contributed by atoms with E-state index in [-0.39, 0.29) is 11.3 Å². The van der Waals surface area contributed by atoms with Crippen molar-refractivity contribution in [3.63, 3.8) is 0 Å². The van der Waals surface area contributed by atoms with Crippen LogP contribution >= 0.6 is 0 Å². The van der Waals surface area contributed by atoms with Gasteiger partial charge in [-0.2, -0.15) is 0 Å². The molecule has 0 atom stereocenters. The van der Waals surface area contributed by atoms with E-state index < -0.39 is 15.0 Å². The van der Waals surface area contributed by atoms with Crippen molar-refractivity contribution in [2.75, 3.05) is 0 Å². The van der Waals surface area contributed by atoms with Gasteiger partial charge in [0.25, 0.3) is 0 Å². The maximum atomic E-state index is 11.1. The monoisotopic (exact) mass is 216 g/mol. The Morgan fingerprint density at radius 3 is 2.29 bits per heavy atom. The molecule has 0 amide bonds. The van der Waals surface area contributed by atoms with Gasteiger partial charge in [-0.25, -0.2) is 4.79 Å². The smallest absolute Gasteiger partial charge is 0.507 e. The van der Waals surface area contributed by atoms with Crippen molar-refractivity contribution in [3.05, 3.63) is 29.8 Å². The number of hydrogen-bond acceptors (Lipinski definition) is 6. The maximum absolute atomic E-state index is 11.1. The summed E-state index contributed by atoms with van der Waals surface area (Å²) in [6, 6.07) is 5.38. The fourth-order valence-electron chi connectivity index (χ4n) is 0.826. The molecule has 7 heteroatoms. The SMILES string of the molecule is O=C(O[Si](O)(O)O)c1ccccc1O. The number of hydrogen-bond donors (Lipinski definition) is 4. The van der Waals surface area contributed by atoms with E-state index in [0.717, 1.165) is 0 Å². The molecule has 0 unspecified atom stereocenters. The van der Waals surface area contributed by atoms with Crippen molar-refractivity contribution < 1.29 is 28.7 Å². The van der Waals surface area contributed by atoms with Crippen LogP contribution in [-0.2, 0) is 4.43 Å². The molecule has 0 saturated carbocycles. The van der Waals surface area contributed by atoms with Gasteiger partial charge in [0.1, 0.15) is 11.3 Å². The molecule has 0 radical (unpaired) electrons. The van der Waals surface area contributed by atoms with Gasteiger partial charge in [-0.3, -0.25) is 0 Å². The topological polar surface area (TPSA) is 107 Å². The summed E-state index contributed by atoms with van der Waals surface area (Å²) in [5, 5.41) is 9.15. The minimum Gasteiger partial charge on any atom is -0.507 e. The molecule has 0 bridgehead atoms. The molecular formula is C7H8O6Si. The maximum Gasteiger partial charge on any atom is 0.743 e. The Labute approximate surface area is 80.1 Å². The highest BCUT2D eigenvalue weighted by molar-refractivity contribution is 6.51. The Balaban J connectivity index is 2.86. The van der Waals surface area contributed by atoms with Gasteiger partial charge >= 0.3 is 15.0 Å². The second kappa shape index (κ2) is 3.76. The Hall–Kier alpha value is -1.41. The number of phenolic OH excluding ortho intramolecular Hbond substituents is 1. The van der Waals surface area contributed by atoms with E-state index in [2.05, 4.69) is 4.43 Å². The molecule has 0 aromatic heterocycles. The van der Waals surface area contributed by atoms with Crippen LogP contribution in [0.4, 0.5) is 0 Å². The van der Waals surface area contributed by atoms with Gasteiger partial charge in [-0.05, 0) is 12.1 Å². The molecule has 1 aromatic carbocycles. The molecule has 0 fully saturated rings. The lowest BCUT2D eigenvalue weighted by Crippen LogP contribution is -2.41. The molecule has 0 saturated heterocycles. The first-order chi connectivity index (χ1) is 6.40. The van der Waals surface area contributed by atoms with E-state index in [4.69, 9.17) is 19.5 Å². The second-order valence-corrected chi connectivity index (χ2v) is 3.83. The number of carbonyl (C=O) groups is 1. The summed E-state index contributed by atoms with van der Waals surface area (Å²) in [6.07, 6.45) is 0. The summed E-state index contributed by atoms with van der Waals surface area (Å²) in [5.41, 5.74) is -0.249. The normalized spacial score (nSPS) is 11.1. The van der Waals surface area contributed by atoms with Gasteiger partial charge in [0.2, 0.25) is 0 Å². The Kier molecular flexibility index (Phi) is 2.86. The van der Waals surface area contributed by atoms with E-state index in [1.165, 1.54) is 24.3 Å². The van der Waals surface area contributed by atoms with Crippen LogP contribution in [0.25, 0.3) is 0 Å². The molecule has 6 nitrogen and oxygen atoms in total. The highest BCUT2D eigenvalue weighted by Gasteiger charge is 2.36.